The number of hydrogen-bond acceptors (Lipinski definition) is 6. The normalized spacial score (nSPS) is 19.8. The van der Waals surface area contributed by atoms with E-state index in [4.69, 9.17) is 9.47 Å². The van der Waals surface area contributed by atoms with E-state index in [1.165, 1.54) is 16.4 Å². The molecule has 0 aliphatic carbocycles. The number of ether oxygens (including phenoxy) is 2. The molecule has 9 heteroatoms. The number of benzene rings is 1. The van der Waals surface area contributed by atoms with Crippen LogP contribution >= 0.6 is 11.3 Å². The van der Waals surface area contributed by atoms with Crippen LogP contribution < -0.4 is 14.8 Å². The fourth-order valence-electron chi connectivity index (χ4n) is 3.29. The second-order valence-electron chi connectivity index (χ2n) is 6.51. The van der Waals surface area contributed by atoms with Gasteiger partial charge < -0.3 is 14.8 Å². The van der Waals surface area contributed by atoms with Crippen LogP contribution in [0.15, 0.2) is 40.6 Å². The third kappa shape index (κ3) is 3.80. The Bertz CT molecular complexity index is 927. The molecule has 0 unspecified atom stereocenters. The summed E-state index contributed by atoms with van der Waals surface area (Å²) in [7, 11) is -3.69. The first-order valence-electron chi connectivity index (χ1n) is 8.74. The SMILES string of the molecule is O=C(NCc1cccs1)[C@@H]1CCCN(S(=O)(=O)c2ccc3c(c2)OCO3)C1. The highest BCUT2D eigenvalue weighted by atomic mass is 32.2. The van der Waals surface area contributed by atoms with Crippen LogP contribution in [-0.4, -0.2) is 38.5 Å². The van der Waals surface area contributed by atoms with E-state index in [-0.39, 0.29) is 30.1 Å². The van der Waals surface area contributed by atoms with E-state index >= 15 is 0 Å². The molecule has 7 nitrogen and oxygen atoms in total. The van der Waals surface area contributed by atoms with Crippen LogP contribution in [0.5, 0.6) is 11.5 Å². The van der Waals surface area contributed by atoms with E-state index in [9.17, 15) is 13.2 Å². The molecule has 1 fully saturated rings. The number of carbonyl (C=O) groups excluding carboxylic acids is 1. The third-order valence-corrected chi connectivity index (χ3v) is 7.49. The number of nitrogens with one attached hydrogen (secondary N) is 1. The predicted octanol–water partition coefficient (Wildman–Crippen LogP) is 2.19. The summed E-state index contributed by atoms with van der Waals surface area (Å²) < 4.78 is 37.9. The number of carbonyl (C=O) groups is 1. The number of thiophene rings is 1. The Kier molecular flexibility index (Phi) is 5.07. The molecule has 0 saturated carbocycles. The zero-order valence-electron chi connectivity index (χ0n) is 14.6. The molecule has 3 heterocycles. The summed E-state index contributed by atoms with van der Waals surface area (Å²) in [5.74, 6) is 0.522. The molecule has 1 saturated heterocycles. The van der Waals surface area contributed by atoms with Crippen LogP contribution in [0.1, 0.15) is 17.7 Å². The topological polar surface area (TPSA) is 84.9 Å². The van der Waals surface area contributed by atoms with Crippen molar-refractivity contribution >= 4 is 27.3 Å². The van der Waals surface area contributed by atoms with Crippen molar-refractivity contribution in [1.29, 1.82) is 0 Å². The molecule has 0 radical (unpaired) electrons. The number of sulfonamides is 1. The maximum Gasteiger partial charge on any atom is 0.243 e. The van der Waals surface area contributed by atoms with Crippen molar-refractivity contribution in [2.45, 2.75) is 24.3 Å². The predicted molar refractivity (Wildman–Crippen MR) is 100 cm³/mol. The summed E-state index contributed by atoms with van der Waals surface area (Å²) in [6, 6.07) is 8.50. The van der Waals surface area contributed by atoms with Crippen molar-refractivity contribution in [1.82, 2.24) is 9.62 Å². The largest absolute Gasteiger partial charge is 0.454 e. The Balaban J connectivity index is 1.44. The van der Waals surface area contributed by atoms with Gasteiger partial charge in [0, 0.05) is 24.0 Å². The van der Waals surface area contributed by atoms with E-state index in [2.05, 4.69) is 5.32 Å². The van der Waals surface area contributed by atoms with Crippen molar-refractivity contribution in [2.24, 2.45) is 5.92 Å². The first-order valence-corrected chi connectivity index (χ1v) is 11.1. The standard InChI is InChI=1S/C18H20N2O5S2/c21-18(19-10-14-4-2-8-26-14)13-3-1-7-20(11-13)27(22,23)15-5-6-16-17(9-15)25-12-24-16/h2,4-6,8-9,13H,1,3,7,10-12H2,(H,19,21)/t13-/m1/s1. The maximum atomic E-state index is 13.0. The summed E-state index contributed by atoms with van der Waals surface area (Å²) in [5.41, 5.74) is 0. The lowest BCUT2D eigenvalue weighted by molar-refractivity contribution is -0.126. The molecule has 144 valence electrons. The highest BCUT2D eigenvalue weighted by Gasteiger charge is 2.34. The van der Waals surface area contributed by atoms with Gasteiger partial charge in [0.15, 0.2) is 11.5 Å². The molecule has 0 bridgehead atoms. The molecule has 1 atom stereocenters. The van der Waals surface area contributed by atoms with E-state index < -0.39 is 10.0 Å². The second-order valence-corrected chi connectivity index (χ2v) is 9.48. The van der Waals surface area contributed by atoms with Gasteiger partial charge in [0.2, 0.25) is 22.7 Å². The Labute approximate surface area is 161 Å². The fourth-order valence-corrected chi connectivity index (χ4v) is 5.48. The van der Waals surface area contributed by atoms with Crippen LogP contribution in [0.3, 0.4) is 0 Å². The first kappa shape index (κ1) is 18.3. The van der Waals surface area contributed by atoms with Gasteiger partial charge in [0.1, 0.15) is 0 Å². The van der Waals surface area contributed by atoms with Gasteiger partial charge in [0.25, 0.3) is 0 Å². The van der Waals surface area contributed by atoms with Crippen LogP contribution in [-0.2, 0) is 21.4 Å². The average molecular weight is 409 g/mol. The van der Waals surface area contributed by atoms with Crippen LogP contribution in [0.25, 0.3) is 0 Å². The quantitative estimate of drug-likeness (QED) is 0.820. The van der Waals surface area contributed by atoms with Crippen LogP contribution in [0, 0.1) is 5.92 Å². The van der Waals surface area contributed by atoms with E-state index in [0.29, 0.717) is 37.4 Å². The van der Waals surface area contributed by atoms with Gasteiger partial charge in [-0.3, -0.25) is 4.79 Å². The van der Waals surface area contributed by atoms with Gasteiger partial charge in [-0.1, -0.05) is 6.07 Å². The zero-order chi connectivity index (χ0) is 18.9. The van der Waals surface area contributed by atoms with Gasteiger partial charge >= 0.3 is 0 Å². The lowest BCUT2D eigenvalue weighted by atomic mass is 9.99. The summed E-state index contributed by atoms with van der Waals surface area (Å²) in [4.78, 5) is 13.7. The van der Waals surface area contributed by atoms with Crippen molar-refractivity contribution in [3.05, 3.63) is 40.6 Å². The van der Waals surface area contributed by atoms with Gasteiger partial charge in [0.05, 0.1) is 17.4 Å². The number of amides is 1. The molecule has 2 aliphatic rings. The van der Waals surface area contributed by atoms with Crippen LogP contribution in [0.4, 0.5) is 0 Å². The van der Waals surface area contributed by atoms with Gasteiger partial charge in [-0.05, 0) is 36.4 Å². The lowest BCUT2D eigenvalue weighted by Gasteiger charge is -2.31. The number of hydrogen-bond donors (Lipinski definition) is 1. The smallest absolute Gasteiger partial charge is 0.243 e. The first-order chi connectivity index (χ1) is 13.0. The molecule has 2 aliphatic heterocycles. The molecule has 1 aromatic heterocycles. The Morgan fingerprint density at radius 2 is 2.11 bits per heavy atom. The molecule has 1 N–H and O–H groups in total. The maximum absolute atomic E-state index is 13.0. The van der Waals surface area contributed by atoms with Crippen molar-refractivity contribution in [3.8, 4) is 11.5 Å². The Morgan fingerprint density at radius 3 is 2.93 bits per heavy atom. The molecule has 2 aromatic rings. The highest BCUT2D eigenvalue weighted by molar-refractivity contribution is 7.89. The number of rotatable bonds is 5. The van der Waals surface area contributed by atoms with Crippen LogP contribution in [0.2, 0.25) is 0 Å². The Morgan fingerprint density at radius 1 is 1.26 bits per heavy atom. The number of piperidine rings is 1. The molecule has 0 spiro atoms. The van der Waals surface area contributed by atoms with E-state index in [0.717, 1.165) is 4.88 Å². The fraction of sp³-hybridized carbons (Fsp3) is 0.389. The second kappa shape index (κ2) is 7.49. The van der Waals surface area contributed by atoms with Crippen molar-refractivity contribution in [3.63, 3.8) is 0 Å². The van der Waals surface area contributed by atoms with E-state index in [1.54, 1.807) is 17.4 Å². The van der Waals surface area contributed by atoms with Gasteiger partial charge in [-0.15, -0.1) is 11.3 Å². The van der Waals surface area contributed by atoms with E-state index in [1.807, 2.05) is 17.5 Å². The molecule has 27 heavy (non-hydrogen) atoms. The molecular weight excluding hydrogens is 388 g/mol. The molecule has 1 aromatic carbocycles. The molecule has 4 rings (SSSR count). The number of nitrogens with zero attached hydrogens (tertiary/aromatic N) is 1. The molecule has 1 amide bonds. The van der Waals surface area contributed by atoms with Gasteiger partial charge in [-0.25, -0.2) is 8.42 Å². The monoisotopic (exact) mass is 408 g/mol. The summed E-state index contributed by atoms with van der Waals surface area (Å²) in [5, 5.41) is 4.87. The zero-order valence-corrected chi connectivity index (χ0v) is 16.2. The third-order valence-electron chi connectivity index (χ3n) is 4.75. The summed E-state index contributed by atoms with van der Waals surface area (Å²) >= 11 is 1.58. The Hall–Kier alpha value is -2.10. The minimum Gasteiger partial charge on any atom is -0.454 e. The highest BCUT2D eigenvalue weighted by Crippen LogP contribution is 2.35. The summed E-state index contributed by atoms with van der Waals surface area (Å²) in [6.45, 7) is 1.16. The molecular formula is C18H20N2O5S2. The van der Waals surface area contributed by atoms with Crippen molar-refractivity contribution < 1.29 is 22.7 Å². The average Bonchev–Trinajstić information content (AvgIpc) is 3.37. The lowest BCUT2D eigenvalue weighted by Crippen LogP contribution is -2.45. The van der Waals surface area contributed by atoms with Crippen molar-refractivity contribution in [2.75, 3.05) is 19.9 Å². The minimum atomic E-state index is -3.69. The minimum absolute atomic E-state index is 0.0923. The number of fused-ring (bicyclic) bond motifs is 1. The van der Waals surface area contributed by atoms with Gasteiger partial charge in [-0.2, -0.15) is 4.31 Å². The summed E-state index contributed by atoms with van der Waals surface area (Å²) in [6.07, 6.45) is 1.34.